The summed E-state index contributed by atoms with van der Waals surface area (Å²) < 4.78 is 94.1. The lowest BCUT2D eigenvalue weighted by molar-refractivity contribution is -0.274. The van der Waals surface area contributed by atoms with Crippen LogP contribution in [0, 0.1) is 0 Å². The topological polar surface area (TPSA) is 111 Å². The number of alkyl halides is 6. The van der Waals surface area contributed by atoms with E-state index in [-0.39, 0.29) is 24.4 Å². The zero-order valence-corrected chi connectivity index (χ0v) is 20.8. The first kappa shape index (κ1) is 28.7. The van der Waals surface area contributed by atoms with Gasteiger partial charge in [0.25, 0.3) is 0 Å². The average Bonchev–Trinajstić information content (AvgIpc) is 3.56. The molecule has 1 saturated heterocycles. The number of nitrogens with zero attached hydrogens (tertiary/aromatic N) is 3. The minimum absolute atomic E-state index is 0.0432. The molecule has 1 aliphatic heterocycles. The zero-order valence-electron chi connectivity index (χ0n) is 20.8. The maximum absolute atomic E-state index is 13.9. The molecule has 2 N–H and O–H groups in total. The largest absolute Gasteiger partial charge is 0.573 e. The minimum atomic E-state index is -5.22. The number of rotatable bonds is 7. The molecular formula is C25H22F6N4O5. The molecule has 1 aliphatic rings. The van der Waals surface area contributed by atoms with Crippen molar-refractivity contribution in [2.45, 2.75) is 31.9 Å². The Morgan fingerprint density at radius 1 is 1.10 bits per heavy atom. The Bertz CT molecular complexity index is 1390. The molecule has 1 unspecified atom stereocenters. The van der Waals surface area contributed by atoms with E-state index in [2.05, 4.69) is 9.72 Å². The highest BCUT2D eigenvalue weighted by atomic mass is 19.4. The van der Waals surface area contributed by atoms with Crippen LogP contribution in [0.25, 0.3) is 11.5 Å². The summed E-state index contributed by atoms with van der Waals surface area (Å²) in [4.78, 5) is 30.6. The number of ketones is 1. The van der Waals surface area contributed by atoms with Gasteiger partial charge < -0.3 is 23.8 Å². The Morgan fingerprint density at radius 3 is 2.45 bits per heavy atom. The van der Waals surface area contributed by atoms with Gasteiger partial charge in [-0.15, -0.1) is 13.2 Å². The number of carbonyl (C=O) groups is 2. The van der Waals surface area contributed by atoms with E-state index >= 15 is 0 Å². The SMILES string of the molecule is CCOC(=O)N1CCC(N(N)c2ccccc2C(=O)c2nc(-c3ccccc3OC(F)(F)F)oc2C(F)(F)F)C1. The number of likely N-dealkylation sites (tertiary alicyclic amines) is 1. The number of benzene rings is 2. The van der Waals surface area contributed by atoms with Gasteiger partial charge in [-0.3, -0.25) is 4.79 Å². The second kappa shape index (κ2) is 11.1. The van der Waals surface area contributed by atoms with Crippen LogP contribution in [0.5, 0.6) is 5.75 Å². The molecule has 3 aromatic rings. The summed E-state index contributed by atoms with van der Waals surface area (Å²) in [5.41, 5.74) is -1.96. The fourth-order valence-electron chi connectivity index (χ4n) is 4.20. The lowest BCUT2D eigenvalue weighted by atomic mass is 10.0. The number of aromatic nitrogens is 1. The molecule has 15 heteroatoms. The van der Waals surface area contributed by atoms with Gasteiger partial charge in [0, 0.05) is 18.7 Å². The van der Waals surface area contributed by atoms with E-state index in [0.717, 1.165) is 12.1 Å². The third-order valence-corrected chi connectivity index (χ3v) is 5.95. The van der Waals surface area contributed by atoms with E-state index in [1.807, 2.05) is 0 Å². The van der Waals surface area contributed by atoms with Crippen LogP contribution in [0.4, 0.5) is 36.8 Å². The number of hydrazine groups is 1. The van der Waals surface area contributed by atoms with Gasteiger partial charge in [0.05, 0.1) is 23.9 Å². The molecule has 0 radical (unpaired) electrons. The van der Waals surface area contributed by atoms with Gasteiger partial charge in [-0.1, -0.05) is 24.3 Å². The van der Waals surface area contributed by atoms with Crippen LogP contribution in [-0.4, -0.2) is 53.9 Å². The van der Waals surface area contributed by atoms with Crippen molar-refractivity contribution in [1.29, 1.82) is 0 Å². The number of nitrogens with two attached hydrogens (primary N) is 1. The van der Waals surface area contributed by atoms with E-state index < -0.39 is 59.1 Å². The molecule has 214 valence electrons. The fraction of sp³-hybridized carbons (Fsp3) is 0.320. The Balaban J connectivity index is 1.71. The first-order chi connectivity index (χ1) is 18.8. The summed E-state index contributed by atoms with van der Waals surface area (Å²) in [6.45, 7) is 2.25. The molecule has 0 aliphatic carbocycles. The minimum Gasteiger partial charge on any atom is -0.450 e. The monoisotopic (exact) mass is 572 g/mol. The van der Waals surface area contributed by atoms with Gasteiger partial charge in [-0.05, 0) is 37.6 Å². The highest BCUT2D eigenvalue weighted by Crippen LogP contribution is 2.40. The Hall–Kier alpha value is -4.27. The van der Waals surface area contributed by atoms with Crippen molar-refractivity contribution in [1.82, 2.24) is 9.88 Å². The number of ether oxygens (including phenoxy) is 2. The van der Waals surface area contributed by atoms with Gasteiger partial charge in [-0.25, -0.2) is 15.6 Å². The van der Waals surface area contributed by atoms with E-state index in [1.54, 1.807) is 6.92 Å². The summed E-state index contributed by atoms with van der Waals surface area (Å²) in [6.07, 6.45) is -10.5. The maximum atomic E-state index is 13.9. The van der Waals surface area contributed by atoms with Crippen LogP contribution in [0.2, 0.25) is 0 Å². The lowest BCUT2D eigenvalue weighted by Gasteiger charge is -2.27. The van der Waals surface area contributed by atoms with Gasteiger partial charge in [0.1, 0.15) is 5.75 Å². The number of hydrogen-bond acceptors (Lipinski definition) is 8. The Morgan fingerprint density at radius 2 is 1.77 bits per heavy atom. The van der Waals surface area contributed by atoms with Gasteiger partial charge in [0.15, 0.2) is 5.69 Å². The number of oxazole rings is 1. The van der Waals surface area contributed by atoms with Crippen LogP contribution >= 0.6 is 0 Å². The highest BCUT2D eigenvalue weighted by molar-refractivity contribution is 6.12. The van der Waals surface area contributed by atoms with Crippen molar-refractivity contribution >= 4 is 17.6 Å². The second-order valence-electron chi connectivity index (χ2n) is 8.58. The number of hydrogen-bond donors (Lipinski definition) is 1. The van der Waals surface area contributed by atoms with E-state index in [1.165, 1.54) is 46.3 Å². The first-order valence-electron chi connectivity index (χ1n) is 11.8. The molecule has 1 fully saturated rings. The summed E-state index contributed by atoms with van der Waals surface area (Å²) >= 11 is 0. The highest BCUT2D eigenvalue weighted by Gasteiger charge is 2.43. The third kappa shape index (κ3) is 6.14. The van der Waals surface area contributed by atoms with E-state index in [9.17, 15) is 35.9 Å². The molecule has 1 atom stereocenters. The molecular weight excluding hydrogens is 550 g/mol. The molecule has 1 aromatic heterocycles. The van der Waals surface area contributed by atoms with E-state index in [0.29, 0.717) is 13.0 Å². The Kier molecular flexibility index (Phi) is 7.95. The molecule has 1 amide bonds. The van der Waals surface area contributed by atoms with Crippen molar-refractivity contribution in [3.63, 3.8) is 0 Å². The zero-order chi connectivity index (χ0) is 29.2. The number of anilines is 1. The first-order valence-corrected chi connectivity index (χ1v) is 11.8. The predicted molar refractivity (Wildman–Crippen MR) is 127 cm³/mol. The second-order valence-corrected chi connectivity index (χ2v) is 8.58. The number of amides is 1. The molecule has 0 saturated carbocycles. The standard InChI is InChI=1S/C25H22F6N4O5/c1-2-38-23(37)34-12-11-14(13-34)35(32)17-9-5-3-7-15(17)20(36)19-21(24(26,27)28)39-22(33-19)16-8-4-6-10-18(16)40-25(29,30)31/h3-10,14H,2,11-13,32H2,1H3. The van der Waals surface area contributed by atoms with Crippen molar-refractivity contribution in [2.24, 2.45) is 5.84 Å². The molecule has 2 aromatic carbocycles. The summed E-state index contributed by atoms with van der Waals surface area (Å²) in [7, 11) is 0. The molecule has 0 bridgehead atoms. The summed E-state index contributed by atoms with van der Waals surface area (Å²) in [5, 5.41) is 1.17. The lowest BCUT2D eigenvalue weighted by Crippen LogP contribution is -2.44. The quantitative estimate of drug-likeness (QED) is 0.173. The van der Waals surface area contributed by atoms with Crippen molar-refractivity contribution in [3.05, 3.63) is 65.5 Å². The van der Waals surface area contributed by atoms with Gasteiger partial charge in [-0.2, -0.15) is 13.2 Å². The van der Waals surface area contributed by atoms with Crippen LogP contribution in [0.3, 0.4) is 0 Å². The molecule has 0 spiro atoms. The molecule has 2 heterocycles. The van der Waals surface area contributed by atoms with Crippen molar-refractivity contribution in [3.8, 4) is 17.2 Å². The van der Waals surface area contributed by atoms with Crippen LogP contribution < -0.4 is 15.6 Å². The number of para-hydroxylation sites is 2. The third-order valence-electron chi connectivity index (χ3n) is 5.95. The van der Waals surface area contributed by atoms with Crippen LogP contribution in [0.15, 0.2) is 52.9 Å². The predicted octanol–water partition coefficient (Wildman–Crippen LogP) is 5.40. The summed E-state index contributed by atoms with van der Waals surface area (Å²) in [6, 6.07) is 9.31. The van der Waals surface area contributed by atoms with Gasteiger partial charge in [0.2, 0.25) is 17.4 Å². The molecule has 4 rings (SSSR count). The van der Waals surface area contributed by atoms with Gasteiger partial charge >= 0.3 is 18.6 Å². The summed E-state index contributed by atoms with van der Waals surface area (Å²) in [5.74, 6) is 1.45. The molecule has 9 nitrogen and oxygen atoms in total. The normalized spacial score (nSPS) is 15.7. The number of carbonyl (C=O) groups excluding carboxylic acids is 2. The Labute approximate surface area is 223 Å². The van der Waals surface area contributed by atoms with Crippen LogP contribution in [-0.2, 0) is 10.9 Å². The van der Waals surface area contributed by atoms with Crippen molar-refractivity contribution in [2.75, 3.05) is 24.7 Å². The number of halogens is 6. The smallest absolute Gasteiger partial charge is 0.450 e. The van der Waals surface area contributed by atoms with Crippen LogP contribution in [0.1, 0.15) is 35.2 Å². The van der Waals surface area contributed by atoms with Crippen molar-refractivity contribution < 1.29 is 49.8 Å². The molecule has 40 heavy (non-hydrogen) atoms. The maximum Gasteiger partial charge on any atom is 0.573 e. The van der Waals surface area contributed by atoms with E-state index in [4.69, 9.17) is 15.0 Å². The fourth-order valence-corrected chi connectivity index (χ4v) is 4.20. The average molecular weight is 572 g/mol.